The largest absolute Gasteiger partial charge is 0.381 e. The number of carbonyl (C=O) groups excluding carboxylic acids is 1. The van der Waals surface area contributed by atoms with Gasteiger partial charge in [0.1, 0.15) is 0 Å². The molecular formula is C17H17N3O4. The Bertz CT molecular complexity index is 885. The maximum Gasteiger partial charge on any atom is 0.323 e. The molecule has 4 N–H and O–H groups in total. The number of ether oxygens (including phenoxy) is 1. The van der Waals surface area contributed by atoms with Gasteiger partial charge >= 0.3 is 5.69 Å². The van der Waals surface area contributed by atoms with Gasteiger partial charge in [-0.15, -0.1) is 0 Å². The Kier molecular flexibility index (Phi) is 4.74. The van der Waals surface area contributed by atoms with Crippen molar-refractivity contribution >= 4 is 22.6 Å². The summed E-state index contributed by atoms with van der Waals surface area (Å²) in [4.78, 5) is 28.6. The van der Waals surface area contributed by atoms with Crippen molar-refractivity contribution in [2.24, 2.45) is 0 Å². The first-order valence-electron chi connectivity index (χ1n) is 7.45. The van der Waals surface area contributed by atoms with E-state index in [1.165, 1.54) is 0 Å². The quantitative estimate of drug-likeness (QED) is 0.548. The van der Waals surface area contributed by atoms with Gasteiger partial charge in [0.05, 0.1) is 29.9 Å². The Morgan fingerprint density at radius 1 is 1.12 bits per heavy atom. The number of aromatic nitrogens is 2. The van der Waals surface area contributed by atoms with E-state index in [4.69, 9.17) is 4.74 Å². The average molecular weight is 327 g/mol. The van der Waals surface area contributed by atoms with Crippen molar-refractivity contribution in [2.45, 2.75) is 12.7 Å². The van der Waals surface area contributed by atoms with Crippen molar-refractivity contribution in [3.05, 3.63) is 64.6 Å². The first-order chi connectivity index (χ1) is 11.6. The third-order valence-electron chi connectivity index (χ3n) is 3.50. The molecule has 24 heavy (non-hydrogen) atoms. The number of nitrogens with one attached hydrogen (secondary N) is 3. The molecule has 0 saturated carbocycles. The molecule has 1 atom stereocenters. The number of hydrogen-bond donors (Lipinski definition) is 4. The maximum atomic E-state index is 12.1. The number of H-pyrrole nitrogens is 2. The van der Waals surface area contributed by atoms with E-state index in [1.807, 2.05) is 30.3 Å². The van der Waals surface area contributed by atoms with Crippen LogP contribution in [0, 0.1) is 0 Å². The number of aliphatic hydroxyl groups excluding tert-OH is 1. The van der Waals surface area contributed by atoms with E-state index in [-0.39, 0.29) is 12.3 Å². The highest BCUT2D eigenvalue weighted by atomic mass is 16.5. The number of para-hydroxylation sites is 1. The molecule has 0 aliphatic rings. The summed E-state index contributed by atoms with van der Waals surface area (Å²) in [7, 11) is 0. The number of imidazole rings is 1. The van der Waals surface area contributed by atoms with Crippen molar-refractivity contribution in [1.82, 2.24) is 9.97 Å². The van der Waals surface area contributed by atoms with Gasteiger partial charge in [-0.2, -0.15) is 0 Å². The summed E-state index contributed by atoms with van der Waals surface area (Å²) >= 11 is 0. The fourth-order valence-electron chi connectivity index (χ4n) is 2.32. The van der Waals surface area contributed by atoms with Crippen molar-refractivity contribution in [1.29, 1.82) is 0 Å². The summed E-state index contributed by atoms with van der Waals surface area (Å²) in [6.45, 7) is 0.187. The number of amides is 1. The van der Waals surface area contributed by atoms with Gasteiger partial charge in [0.2, 0.25) is 0 Å². The number of benzene rings is 2. The van der Waals surface area contributed by atoms with E-state index in [0.29, 0.717) is 23.3 Å². The number of aromatic amines is 2. The van der Waals surface area contributed by atoms with Crippen molar-refractivity contribution < 1.29 is 14.6 Å². The van der Waals surface area contributed by atoms with Crippen LogP contribution in [0.1, 0.15) is 5.56 Å². The van der Waals surface area contributed by atoms with Crippen LogP contribution < -0.4 is 11.0 Å². The second-order valence-electron chi connectivity index (χ2n) is 5.31. The van der Waals surface area contributed by atoms with Crippen LogP contribution in [-0.4, -0.2) is 33.7 Å². The summed E-state index contributed by atoms with van der Waals surface area (Å²) in [5.41, 5.74) is 2.07. The topological polar surface area (TPSA) is 107 Å². The normalized spacial score (nSPS) is 12.2. The summed E-state index contributed by atoms with van der Waals surface area (Å²) in [5.74, 6) is -0.599. The lowest BCUT2D eigenvalue weighted by Crippen LogP contribution is -2.31. The molecule has 3 rings (SSSR count). The fraction of sp³-hybridized carbons (Fsp3) is 0.176. The maximum absolute atomic E-state index is 12.1. The van der Waals surface area contributed by atoms with Gasteiger partial charge in [0.15, 0.2) is 6.10 Å². The van der Waals surface area contributed by atoms with Crippen molar-refractivity contribution in [3.8, 4) is 0 Å². The SMILES string of the molecule is O=C(Nc1cccc2[nH]c(=O)[nH]c12)[C@H](O)COCc1ccccc1. The first kappa shape index (κ1) is 16.0. The minimum absolute atomic E-state index is 0.125. The number of carbonyl (C=O) groups is 1. The zero-order chi connectivity index (χ0) is 16.9. The highest BCUT2D eigenvalue weighted by Crippen LogP contribution is 2.18. The molecule has 0 bridgehead atoms. The first-order valence-corrected chi connectivity index (χ1v) is 7.45. The molecule has 0 radical (unpaired) electrons. The highest BCUT2D eigenvalue weighted by molar-refractivity contribution is 6.01. The smallest absolute Gasteiger partial charge is 0.323 e. The van der Waals surface area contributed by atoms with Gasteiger partial charge in [0, 0.05) is 0 Å². The zero-order valence-corrected chi connectivity index (χ0v) is 12.8. The molecule has 1 aromatic heterocycles. The Morgan fingerprint density at radius 2 is 1.92 bits per heavy atom. The molecule has 3 aromatic rings. The minimum atomic E-state index is -1.31. The predicted molar refractivity (Wildman–Crippen MR) is 89.7 cm³/mol. The average Bonchev–Trinajstić information content (AvgIpc) is 2.97. The third kappa shape index (κ3) is 3.70. The number of aliphatic hydroxyl groups is 1. The van der Waals surface area contributed by atoms with Crippen LogP contribution in [0.5, 0.6) is 0 Å². The molecule has 7 nitrogen and oxygen atoms in total. The summed E-state index contributed by atoms with van der Waals surface area (Å²) in [6, 6.07) is 14.5. The molecule has 1 heterocycles. The second-order valence-corrected chi connectivity index (χ2v) is 5.31. The molecule has 7 heteroatoms. The van der Waals surface area contributed by atoms with Gasteiger partial charge in [-0.1, -0.05) is 36.4 Å². The van der Waals surface area contributed by atoms with E-state index in [2.05, 4.69) is 15.3 Å². The molecular weight excluding hydrogens is 310 g/mol. The Labute approximate surface area is 137 Å². The van der Waals surface area contributed by atoms with Crippen LogP contribution in [0.3, 0.4) is 0 Å². The van der Waals surface area contributed by atoms with Crippen LogP contribution in [0.15, 0.2) is 53.3 Å². The van der Waals surface area contributed by atoms with Gasteiger partial charge in [-0.05, 0) is 17.7 Å². The molecule has 124 valence electrons. The van der Waals surface area contributed by atoms with E-state index in [9.17, 15) is 14.7 Å². The van der Waals surface area contributed by atoms with Crippen LogP contribution >= 0.6 is 0 Å². The number of anilines is 1. The Balaban J connectivity index is 1.58. The highest BCUT2D eigenvalue weighted by Gasteiger charge is 2.17. The van der Waals surface area contributed by atoms with Crippen LogP contribution in [0.4, 0.5) is 5.69 Å². The molecule has 0 fully saturated rings. The third-order valence-corrected chi connectivity index (χ3v) is 3.50. The molecule has 0 saturated heterocycles. The van der Waals surface area contributed by atoms with Crippen LogP contribution in [0.25, 0.3) is 11.0 Å². The van der Waals surface area contributed by atoms with Crippen molar-refractivity contribution in [2.75, 3.05) is 11.9 Å². The zero-order valence-electron chi connectivity index (χ0n) is 12.8. The molecule has 0 aliphatic carbocycles. The van der Waals surface area contributed by atoms with Crippen LogP contribution in [0.2, 0.25) is 0 Å². The van der Waals surface area contributed by atoms with Gasteiger partial charge < -0.3 is 25.1 Å². The monoisotopic (exact) mass is 327 g/mol. The molecule has 0 spiro atoms. The van der Waals surface area contributed by atoms with Crippen LogP contribution in [-0.2, 0) is 16.1 Å². The van der Waals surface area contributed by atoms with E-state index < -0.39 is 12.0 Å². The summed E-state index contributed by atoms with van der Waals surface area (Å²) < 4.78 is 5.36. The van der Waals surface area contributed by atoms with E-state index in [1.54, 1.807) is 18.2 Å². The van der Waals surface area contributed by atoms with Gasteiger partial charge in [0.25, 0.3) is 5.91 Å². The fourth-order valence-corrected chi connectivity index (χ4v) is 2.32. The van der Waals surface area contributed by atoms with Gasteiger partial charge in [-0.3, -0.25) is 4.79 Å². The number of hydrogen-bond acceptors (Lipinski definition) is 4. The predicted octanol–water partition coefficient (Wildman–Crippen LogP) is 1.37. The van der Waals surface area contributed by atoms with Crippen molar-refractivity contribution in [3.63, 3.8) is 0 Å². The molecule has 0 unspecified atom stereocenters. The summed E-state index contributed by atoms with van der Waals surface area (Å²) in [6.07, 6.45) is -1.31. The van der Waals surface area contributed by atoms with E-state index >= 15 is 0 Å². The molecule has 2 aromatic carbocycles. The summed E-state index contributed by atoms with van der Waals surface area (Å²) in [5, 5.41) is 12.5. The van der Waals surface area contributed by atoms with E-state index in [0.717, 1.165) is 5.56 Å². The molecule has 0 aliphatic heterocycles. The number of fused-ring (bicyclic) bond motifs is 1. The minimum Gasteiger partial charge on any atom is -0.381 e. The standard InChI is InChI=1S/C17H17N3O4/c21-14(10-24-9-11-5-2-1-3-6-11)16(22)18-12-7-4-8-13-15(12)20-17(23)19-13/h1-8,14,21H,9-10H2,(H,18,22)(H2,19,20,23)/t14-/m1/s1. The Hall–Kier alpha value is -2.90. The molecule has 1 amide bonds. The second kappa shape index (κ2) is 7.12. The van der Waals surface area contributed by atoms with Gasteiger partial charge in [-0.25, -0.2) is 4.79 Å². The lowest BCUT2D eigenvalue weighted by molar-refractivity contribution is -0.127. The Morgan fingerprint density at radius 3 is 2.71 bits per heavy atom. The lowest BCUT2D eigenvalue weighted by atomic mass is 10.2. The lowest BCUT2D eigenvalue weighted by Gasteiger charge is -2.12. The number of rotatable bonds is 6.